The highest BCUT2D eigenvalue weighted by Gasteiger charge is 2.21. The predicted octanol–water partition coefficient (Wildman–Crippen LogP) is 3.05. The van der Waals surface area contributed by atoms with Gasteiger partial charge in [-0.05, 0) is 36.9 Å². The molecule has 1 fully saturated rings. The van der Waals surface area contributed by atoms with Gasteiger partial charge in [-0.25, -0.2) is 0 Å². The monoisotopic (exact) mass is 296 g/mol. The van der Waals surface area contributed by atoms with Crippen LogP contribution < -0.4 is 10.2 Å². The van der Waals surface area contributed by atoms with E-state index in [1.165, 1.54) is 5.56 Å². The number of para-hydroxylation sites is 1. The number of benzene rings is 1. The van der Waals surface area contributed by atoms with Gasteiger partial charge in [0.2, 0.25) is 0 Å². The largest absolute Gasteiger partial charge is 0.393 e. The second kappa shape index (κ2) is 7.30. The molecule has 2 N–H and O–H groups in total. The number of hydrogen-bond acceptors (Lipinski definition) is 3. The summed E-state index contributed by atoms with van der Waals surface area (Å²) in [5.41, 5.74) is 2.38. The lowest BCUT2D eigenvalue weighted by Crippen LogP contribution is -2.36. The van der Waals surface area contributed by atoms with Crippen molar-refractivity contribution in [1.29, 1.82) is 0 Å². The van der Waals surface area contributed by atoms with Crippen LogP contribution in [0.5, 0.6) is 0 Å². The van der Waals surface area contributed by atoms with Crippen LogP contribution in [0.2, 0.25) is 5.02 Å². The van der Waals surface area contributed by atoms with Crippen molar-refractivity contribution in [2.24, 2.45) is 5.92 Å². The van der Waals surface area contributed by atoms with Crippen molar-refractivity contribution in [3.05, 3.63) is 28.8 Å². The molecule has 0 atom stereocenters. The second-order valence-corrected chi connectivity index (χ2v) is 6.40. The zero-order chi connectivity index (χ0) is 14.5. The molecular weight excluding hydrogens is 272 g/mol. The summed E-state index contributed by atoms with van der Waals surface area (Å²) in [6.07, 6.45) is 1.49. The number of rotatable bonds is 5. The number of nitrogens with one attached hydrogen (secondary N) is 1. The lowest BCUT2D eigenvalue weighted by atomic mass is 10.0. The fourth-order valence-electron chi connectivity index (χ4n) is 2.64. The van der Waals surface area contributed by atoms with Crippen molar-refractivity contribution in [2.45, 2.75) is 39.3 Å². The van der Waals surface area contributed by atoms with E-state index < -0.39 is 0 Å². The number of aliphatic hydroxyl groups is 1. The molecule has 1 heterocycles. The maximum atomic E-state index is 9.64. The van der Waals surface area contributed by atoms with Gasteiger partial charge in [0.15, 0.2) is 0 Å². The van der Waals surface area contributed by atoms with E-state index in [4.69, 9.17) is 11.6 Å². The Hall–Kier alpha value is -0.770. The van der Waals surface area contributed by atoms with Crippen molar-refractivity contribution in [3.63, 3.8) is 0 Å². The molecule has 2 rings (SSSR count). The molecule has 1 saturated heterocycles. The zero-order valence-corrected chi connectivity index (χ0v) is 13.2. The van der Waals surface area contributed by atoms with Gasteiger partial charge in [0.1, 0.15) is 0 Å². The predicted molar refractivity (Wildman–Crippen MR) is 85.5 cm³/mol. The molecule has 1 aromatic rings. The first kappa shape index (κ1) is 15.6. The highest BCUT2D eigenvalue weighted by Crippen LogP contribution is 2.32. The average Bonchev–Trinajstić information content (AvgIpc) is 2.40. The van der Waals surface area contributed by atoms with Crippen molar-refractivity contribution < 1.29 is 5.11 Å². The Balaban J connectivity index is 2.09. The minimum absolute atomic E-state index is 0.156. The minimum atomic E-state index is -0.156. The second-order valence-electron chi connectivity index (χ2n) is 5.99. The lowest BCUT2D eigenvalue weighted by Gasteiger charge is -2.33. The van der Waals surface area contributed by atoms with Gasteiger partial charge in [-0.1, -0.05) is 37.6 Å². The molecule has 1 aliphatic rings. The molecule has 4 heteroatoms. The fraction of sp³-hybridized carbons (Fsp3) is 0.625. The molecule has 3 nitrogen and oxygen atoms in total. The van der Waals surface area contributed by atoms with Crippen LogP contribution in [0.1, 0.15) is 32.3 Å². The number of piperidine rings is 1. The first-order chi connectivity index (χ1) is 9.58. The van der Waals surface area contributed by atoms with Crippen LogP contribution in [-0.4, -0.2) is 30.8 Å². The smallest absolute Gasteiger partial charge is 0.0642 e. The molecule has 0 aromatic heterocycles. The summed E-state index contributed by atoms with van der Waals surface area (Å²) in [7, 11) is 0. The van der Waals surface area contributed by atoms with Crippen LogP contribution in [0.3, 0.4) is 0 Å². The van der Waals surface area contributed by atoms with E-state index in [2.05, 4.69) is 30.1 Å². The molecule has 0 bridgehead atoms. The van der Waals surface area contributed by atoms with E-state index in [0.717, 1.165) is 49.7 Å². The SMILES string of the molecule is CC(C)CNCc1cccc(Cl)c1N1CCC(O)CC1. The molecule has 1 aliphatic heterocycles. The Morgan fingerprint density at radius 2 is 2.05 bits per heavy atom. The first-order valence-electron chi connectivity index (χ1n) is 7.49. The molecule has 0 spiro atoms. The summed E-state index contributed by atoms with van der Waals surface area (Å²) in [6, 6.07) is 6.10. The van der Waals surface area contributed by atoms with E-state index in [1.807, 2.05) is 12.1 Å². The molecule has 0 unspecified atom stereocenters. The molecule has 0 radical (unpaired) electrons. The summed E-state index contributed by atoms with van der Waals surface area (Å²) < 4.78 is 0. The Morgan fingerprint density at radius 3 is 2.70 bits per heavy atom. The zero-order valence-electron chi connectivity index (χ0n) is 12.4. The standard InChI is InChI=1S/C16H25ClN2O/c1-12(2)10-18-11-13-4-3-5-15(17)16(13)19-8-6-14(20)7-9-19/h3-5,12,14,18,20H,6-11H2,1-2H3. The molecule has 0 saturated carbocycles. The molecule has 112 valence electrons. The summed E-state index contributed by atoms with van der Waals surface area (Å²) >= 11 is 6.41. The van der Waals surface area contributed by atoms with E-state index in [0.29, 0.717) is 5.92 Å². The van der Waals surface area contributed by atoms with Crippen molar-refractivity contribution >= 4 is 17.3 Å². The third-order valence-corrected chi connectivity index (χ3v) is 4.02. The van der Waals surface area contributed by atoms with Crippen LogP contribution in [-0.2, 0) is 6.54 Å². The van der Waals surface area contributed by atoms with Crippen LogP contribution in [0.25, 0.3) is 0 Å². The van der Waals surface area contributed by atoms with Gasteiger partial charge in [0.05, 0.1) is 16.8 Å². The van der Waals surface area contributed by atoms with Gasteiger partial charge >= 0.3 is 0 Å². The minimum Gasteiger partial charge on any atom is -0.393 e. The summed E-state index contributed by atoms with van der Waals surface area (Å²) in [4.78, 5) is 2.31. The fourth-order valence-corrected chi connectivity index (χ4v) is 2.96. The lowest BCUT2D eigenvalue weighted by molar-refractivity contribution is 0.145. The first-order valence-corrected chi connectivity index (χ1v) is 7.87. The number of nitrogens with zero attached hydrogens (tertiary/aromatic N) is 1. The molecule has 0 aliphatic carbocycles. The number of halogens is 1. The Morgan fingerprint density at radius 1 is 1.35 bits per heavy atom. The topological polar surface area (TPSA) is 35.5 Å². The maximum Gasteiger partial charge on any atom is 0.0642 e. The quantitative estimate of drug-likeness (QED) is 0.877. The molecule has 0 amide bonds. The van der Waals surface area contributed by atoms with Crippen LogP contribution in [0, 0.1) is 5.92 Å². The number of hydrogen-bond donors (Lipinski definition) is 2. The van der Waals surface area contributed by atoms with Gasteiger partial charge in [0.25, 0.3) is 0 Å². The van der Waals surface area contributed by atoms with E-state index in [1.54, 1.807) is 0 Å². The Kier molecular flexibility index (Phi) is 5.70. The van der Waals surface area contributed by atoms with E-state index >= 15 is 0 Å². The summed E-state index contributed by atoms with van der Waals surface area (Å²) in [6.45, 7) is 8.01. The third kappa shape index (κ3) is 4.11. The van der Waals surface area contributed by atoms with Crippen molar-refractivity contribution in [2.75, 3.05) is 24.5 Å². The van der Waals surface area contributed by atoms with Crippen molar-refractivity contribution in [3.8, 4) is 0 Å². The highest BCUT2D eigenvalue weighted by molar-refractivity contribution is 6.33. The van der Waals surface area contributed by atoms with Crippen LogP contribution in [0.15, 0.2) is 18.2 Å². The van der Waals surface area contributed by atoms with Crippen molar-refractivity contribution in [1.82, 2.24) is 5.32 Å². The van der Waals surface area contributed by atoms with Gasteiger partial charge in [-0.3, -0.25) is 0 Å². The highest BCUT2D eigenvalue weighted by atomic mass is 35.5. The van der Waals surface area contributed by atoms with Crippen LogP contribution >= 0.6 is 11.6 Å². The van der Waals surface area contributed by atoms with Crippen LogP contribution in [0.4, 0.5) is 5.69 Å². The maximum absolute atomic E-state index is 9.64. The van der Waals surface area contributed by atoms with Gasteiger partial charge in [0, 0.05) is 19.6 Å². The summed E-state index contributed by atoms with van der Waals surface area (Å²) in [5, 5.41) is 13.9. The third-order valence-electron chi connectivity index (χ3n) is 3.72. The molecular formula is C16H25ClN2O. The van der Waals surface area contributed by atoms with Gasteiger partial charge < -0.3 is 15.3 Å². The average molecular weight is 297 g/mol. The summed E-state index contributed by atoms with van der Waals surface area (Å²) in [5.74, 6) is 0.641. The van der Waals surface area contributed by atoms with E-state index in [-0.39, 0.29) is 6.10 Å². The normalized spacial score (nSPS) is 16.9. The Bertz CT molecular complexity index is 428. The van der Waals surface area contributed by atoms with Gasteiger partial charge in [-0.15, -0.1) is 0 Å². The van der Waals surface area contributed by atoms with E-state index in [9.17, 15) is 5.11 Å². The number of anilines is 1. The molecule has 20 heavy (non-hydrogen) atoms. The van der Waals surface area contributed by atoms with Gasteiger partial charge in [-0.2, -0.15) is 0 Å². The molecule has 1 aromatic carbocycles. The Labute approximate surface area is 126 Å². The number of aliphatic hydroxyl groups excluding tert-OH is 1.